The van der Waals surface area contributed by atoms with Gasteiger partial charge in [-0.05, 0) is 19.8 Å². The monoisotopic (exact) mass is 270 g/mol. The number of ether oxygens (including phenoxy) is 1. The van der Waals surface area contributed by atoms with Gasteiger partial charge in [0.05, 0.1) is 0 Å². The zero-order valence-electron chi connectivity index (χ0n) is 9.33. The molecule has 0 aromatic rings. The van der Waals surface area contributed by atoms with E-state index in [1.807, 2.05) is 28.5 Å². The van der Waals surface area contributed by atoms with Crippen LogP contribution in [-0.2, 0) is 9.53 Å². The van der Waals surface area contributed by atoms with Gasteiger partial charge >= 0.3 is 5.97 Å². The van der Waals surface area contributed by atoms with Crippen molar-refractivity contribution in [3.8, 4) is 0 Å². The summed E-state index contributed by atoms with van der Waals surface area (Å²) in [4.78, 5) is 10.7. The number of hydrogen-bond acceptors (Lipinski definition) is 4. The number of halogens is 1. The summed E-state index contributed by atoms with van der Waals surface area (Å²) in [5.41, 5.74) is -0.496. The lowest BCUT2D eigenvalue weighted by atomic mass is 10.2. The van der Waals surface area contributed by atoms with E-state index in [1.165, 1.54) is 17.9 Å². The van der Waals surface area contributed by atoms with Crippen molar-refractivity contribution in [2.24, 2.45) is 0 Å². The van der Waals surface area contributed by atoms with Crippen LogP contribution < -0.4 is 0 Å². The van der Waals surface area contributed by atoms with E-state index in [0.29, 0.717) is 6.42 Å². The van der Waals surface area contributed by atoms with Crippen molar-refractivity contribution in [2.75, 3.05) is 11.5 Å². The molecule has 15 heavy (non-hydrogen) atoms. The van der Waals surface area contributed by atoms with Gasteiger partial charge in [-0.15, -0.1) is 0 Å². The third-order valence-electron chi connectivity index (χ3n) is 1.57. The summed E-state index contributed by atoms with van der Waals surface area (Å²) in [5.74, 6) is 2.55. The highest BCUT2D eigenvalue weighted by Gasteiger charge is 2.04. The minimum Gasteiger partial charge on any atom is -0.446 e. The van der Waals surface area contributed by atoms with E-state index in [4.69, 9.17) is 11.6 Å². The Labute approximate surface area is 105 Å². The normalized spacial score (nSPS) is 16.5. The summed E-state index contributed by atoms with van der Waals surface area (Å²) in [5, 5.41) is 0. The summed E-state index contributed by atoms with van der Waals surface area (Å²) in [6.45, 7) is 3.66. The topological polar surface area (TPSA) is 26.3 Å². The Hall–Kier alpha value is 0.460. The van der Waals surface area contributed by atoms with Gasteiger partial charge in [0.15, 0.2) is 5.56 Å². The van der Waals surface area contributed by atoms with Gasteiger partial charge in [-0.3, -0.25) is 4.79 Å². The number of rotatable bonds is 4. The zero-order valence-corrected chi connectivity index (χ0v) is 11.7. The maximum atomic E-state index is 10.7. The molecule has 0 bridgehead atoms. The van der Waals surface area contributed by atoms with Crippen LogP contribution in [0.25, 0.3) is 0 Å². The molecule has 0 aromatic carbocycles. The van der Waals surface area contributed by atoms with E-state index in [9.17, 15) is 4.79 Å². The summed E-state index contributed by atoms with van der Waals surface area (Å²) < 4.78 is 4.68. The van der Waals surface area contributed by atoms with E-state index in [0.717, 1.165) is 12.8 Å². The Bertz CT molecular complexity index is 154. The van der Waals surface area contributed by atoms with Gasteiger partial charge in [-0.2, -0.15) is 0 Å². The van der Waals surface area contributed by atoms with Crippen LogP contribution in [-0.4, -0.2) is 23.0 Å². The van der Waals surface area contributed by atoms with Gasteiger partial charge in [0.1, 0.15) is 0 Å². The first-order chi connectivity index (χ1) is 7.16. The lowest BCUT2D eigenvalue weighted by Gasteiger charge is -2.04. The van der Waals surface area contributed by atoms with Crippen LogP contribution in [0.1, 0.15) is 39.5 Å². The molecule has 1 unspecified atom stereocenters. The highest BCUT2D eigenvalue weighted by atomic mass is 35.5. The fraction of sp³-hybridized carbons (Fsp3) is 0.900. The Morgan fingerprint density at radius 3 is 2.40 bits per heavy atom. The van der Waals surface area contributed by atoms with Crippen molar-refractivity contribution in [1.82, 2.24) is 0 Å². The predicted octanol–water partition coefficient (Wildman–Crippen LogP) is 4.08. The first kappa shape index (κ1) is 15.5. The molecule has 2 nitrogen and oxygen atoms in total. The summed E-state index contributed by atoms with van der Waals surface area (Å²) in [6.07, 6.45) is 3.79. The lowest BCUT2D eigenvalue weighted by molar-refractivity contribution is -0.144. The number of alkyl halides is 1. The minimum atomic E-state index is -0.496. The number of unbranched alkanes of at least 4 members (excludes halogenated alkanes) is 1. The highest BCUT2D eigenvalue weighted by Crippen LogP contribution is 2.29. The Balaban J connectivity index is 0.000000322. The Kier molecular flexibility index (Phi) is 11.3. The van der Waals surface area contributed by atoms with Crippen molar-refractivity contribution < 1.29 is 9.53 Å². The second-order valence-corrected chi connectivity index (χ2v) is 6.45. The Morgan fingerprint density at radius 2 is 2.07 bits per heavy atom. The van der Waals surface area contributed by atoms with Gasteiger partial charge in [-0.1, -0.05) is 46.5 Å². The van der Waals surface area contributed by atoms with Crippen LogP contribution >= 0.6 is 33.2 Å². The molecule has 0 saturated carbocycles. The number of carbonyl (C=O) groups excluding carboxylic acids is 1. The minimum absolute atomic E-state index is 0.204. The third-order valence-corrected chi connectivity index (χ3v) is 4.23. The molecule has 0 N–H and O–H groups in total. The molecule has 0 aromatic heterocycles. The van der Waals surface area contributed by atoms with Crippen LogP contribution in [0.4, 0.5) is 0 Å². The first-order valence-corrected chi connectivity index (χ1v) is 8.17. The van der Waals surface area contributed by atoms with E-state index < -0.39 is 5.56 Å². The fourth-order valence-electron chi connectivity index (χ4n) is 0.856. The molecule has 1 heterocycles. The van der Waals surface area contributed by atoms with Gasteiger partial charge < -0.3 is 4.74 Å². The van der Waals surface area contributed by atoms with Crippen molar-refractivity contribution in [2.45, 2.75) is 45.1 Å². The molecule has 0 spiro atoms. The largest absolute Gasteiger partial charge is 0.446 e. The average molecular weight is 271 g/mol. The van der Waals surface area contributed by atoms with Gasteiger partial charge in [-0.25, -0.2) is 0 Å². The zero-order chi connectivity index (χ0) is 11.5. The molecule has 0 amide bonds. The number of hydrogen-bond donors (Lipinski definition) is 0. The lowest BCUT2D eigenvalue weighted by Crippen LogP contribution is -2.08. The molecule has 1 saturated heterocycles. The van der Waals surface area contributed by atoms with Crippen molar-refractivity contribution in [3.63, 3.8) is 0 Å². The molecule has 90 valence electrons. The maximum Gasteiger partial charge on any atom is 0.307 e. The smallest absolute Gasteiger partial charge is 0.307 e. The van der Waals surface area contributed by atoms with Crippen LogP contribution in [0.3, 0.4) is 0 Å². The van der Waals surface area contributed by atoms with Crippen LogP contribution in [0.5, 0.6) is 0 Å². The third kappa shape index (κ3) is 12.4. The molecule has 1 atom stereocenters. The van der Waals surface area contributed by atoms with Crippen molar-refractivity contribution in [1.29, 1.82) is 0 Å². The molecular weight excluding hydrogens is 252 g/mol. The molecule has 0 aliphatic carbocycles. The van der Waals surface area contributed by atoms with Crippen LogP contribution in [0, 0.1) is 0 Å². The predicted molar refractivity (Wildman–Crippen MR) is 70.5 cm³/mol. The SMILES string of the molecule is C1CSSC1.CCCCC(=O)OC(C)Cl. The van der Waals surface area contributed by atoms with E-state index in [1.54, 1.807) is 6.92 Å². The van der Waals surface area contributed by atoms with E-state index in [-0.39, 0.29) is 5.97 Å². The molecule has 0 radical (unpaired) electrons. The van der Waals surface area contributed by atoms with Crippen molar-refractivity contribution in [3.05, 3.63) is 0 Å². The van der Waals surface area contributed by atoms with Gasteiger partial charge in [0, 0.05) is 17.9 Å². The van der Waals surface area contributed by atoms with E-state index in [2.05, 4.69) is 4.74 Å². The maximum absolute atomic E-state index is 10.7. The summed E-state index contributed by atoms with van der Waals surface area (Å²) in [7, 11) is 3.98. The number of carbonyl (C=O) groups is 1. The molecule has 1 fully saturated rings. The molecule has 5 heteroatoms. The van der Waals surface area contributed by atoms with E-state index >= 15 is 0 Å². The second kappa shape index (κ2) is 11.0. The molecule has 1 aliphatic heterocycles. The van der Waals surface area contributed by atoms with Crippen molar-refractivity contribution >= 4 is 39.2 Å². The fourth-order valence-corrected chi connectivity index (χ4v) is 3.31. The highest BCUT2D eigenvalue weighted by molar-refractivity contribution is 8.77. The standard InChI is InChI=1S/C7H13ClO2.C3H6S2/c1-3-4-5-7(9)10-6(2)8;1-2-4-5-3-1/h6H,3-5H2,1-2H3;1-3H2. The second-order valence-electron chi connectivity index (χ2n) is 3.13. The quantitative estimate of drug-likeness (QED) is 0.437. The average Bonchev–Trinajstić information content (AvgIpc) is 2.71. The van der Waals surface area contributed by atoms with Gasteiger partial charge in [0.2, 0.25) is 0 Å². The molecule has 1 rings (SSSR count). The van der Waals surface area contributed by atoms with Crippen LogP contribution in [0.2, 0.25) is 0 Å². The van der Waals surface area contributed by atoms with Crippen LogP contribution in [0.15, 0.2) is 0 Å². The first-order valence-electron chi connectivity index (χ1n) is 5.24. The number of esters is 1. The molecular formula is C10H19ClO2S2. The van der Waals surface area contributed by atoms with Gasteiger partial charge in [0.25, 0.3) is 0 Å². The summed E-state index contributed by atoms with van der Waals surface area (Å²) >= 11 is 5.41. The summed E-state index contributed by atoms with van der Waals surface area (Å²) in [6, 6.07) is 0. The molecule has 1 aliphatic rings. The Morgan fingerprint density at radius 1 is 1.47 bits per heavy atom.